The number of halogens is 3. The van der Waals surface area contributed by atoms with Crippen LogP contribution in [0.2, 0.25) is 0 Å². The van der Waals surface area contributed by atoms with Crippen molar-refractivity contribution in [3.05, 3.63) is 29.6 Å². The Hall–Kier alpha value is -1.15. The third-order valence-electron chi connectivity index (χ3n) is 3.45. The van der Waals surface area contributed by atoms with E-state index in [9.17, 15) is 21.6 Å². The second kappa shape index (κ2) is 5.33. The van der Waals surface area contributed by atoms with Crippen molar-refractivity contribution in [2.24, 2.45) is 0 Å². The van der Waals surface area contributed by atoms with Gasteiger partial charge in [0.25, 0.3) is 0 Å². The molecule has 1 saturated heterocycles. The van der Waals surface area contributed by atoms with E-state index in [1.54, 1.807) is 0 Å². The third kappa shape index (κ3) is 3.29. The van der Waals surface area contributed by atoms with Gasteiger partial charge in [-0.05, 0) is 25.0 Å². The summed E-state index contributed by atoms with van der Waals surface area (Å²) in [7, 11) is -3.28. The van der Waals surface area contributed by atoms with Crippen molar-refractivity contribution in [1.29, 1.82) is 0 Å². The summed E-state index contributed by atoms with van der Waals surface area (Å²) >= 11 is 0. The fourth-order valence-corrected chi connectivity index (χ4v) is 3.32. The first kappa shape index (κ1) is 15.2. The number of nitrogens with zero attached hydrogens (tertiary/aromatic N) is 2. The third-order valence-corrected chi connectivity index (χ3v) is 4.76. The van der Waals surface area contributed by atoms with Crippen LogP contribution in [0.25, 0.3) is 0 Å². The lowest BCUT2D eigenvalue weighted by Gasteiger charge is -2.30. The van der Waals surface area contributed by atoms with Gasteiger partial charge in [0, 0.05) is 25.2 Å². The van der Waals surface area contributed by atoms with E-state index in [4.69, 9.17) is 0 Å². The number of pyridine rings is 1. The van der Waals surface area contributed by atoms with Crippen LogP contribution < -0.4 is 0 Å². The van der Waals surface area contributed by atoms with E-state index in [0.717, 1.165) is 12.3 Å². The second-order valence-corrected chi connectivity index (χ2v) is 6.85. The molecular formula is C12H15F3N2O2S. The minimum absolute atomic E-state index is 0.0214. The monoisotopic (exact) mass is 308 g/mol. The quantitative estimate of drug-likeness (QED) is 0.842. The van der Waals surface area contributed by atoms with Gasteiger partial charge in [0.2, 0.25) is 10.0 Å². The number of aromatic nitrogens is 1. The zero-order chi connectivity index (χ0) is 15.0. The Kier molecular flexibility index (Phi) is 4.06. The average molecular weight is 308 g/mol. The highest BCUT2D eigenvalue weighted by Gasteiger charge is 2.37. The van der Waals surface area contributed by atoms with Gasteiger partial charge < -0.3 is 0 Å². The number of alkyl halides is 3. The molecular weight excluding hydrogens is 293 g/mol. The van der Waals surface area contributed by atoms with Crippen molar-refractivity contribution in [3.8, 4) is 0 Å². The molecule has 0 radical (unpaired) electrons. The van der Waals surface area contributed by atoms with Crippen molar-refractivity contribution in [3.63, 3.8) is 0 Å². The van der Waals surface area contributed by atoms with Crippen LogP contribution in [0.3, 0.4) is 0 Å². The fourth-order valence-electron chi connectivity index (χ4n) is 2.44. The van der Waals surface area contributed by atoms with E-state index in [2.05, 4.69) is 4.98 Å². The van der Waals surface area contributed by atoms with Crippen molar-refractivity contribution < 1.29 is 21.6 Å². The van der Waals surface area contributed by atoms with Crippen LogP contribution in [0.5, 0.6) is 0 Å². The lowest BCUT2D eigenvalue weighted by atomic mass is 9.91. The first-order valence-corrected chi connectivity index (χ1v) is 8.01. The second-order valence-electron chi connectivity index (χ2n) is 4.87. The Balaban J connectivity index is 2.20. The molecule has 0 atom stereocenters. The van der Waals surface area contributed by atoms with Gasteiger partial charge in [-0.2, -0.15) is 13.2 Å². The molecule has 0 saturated carbocycles. The molecule has 0 bridgehead atoms. The van der Waals surface area contributed by atoms with E-state index in [0.29, 0.717) is 12.8 Å². The first-order valence-electron chi connectivity index (χ1n) is 6.17. The van der Waals surface area contributed by atoms with Crippen molar-refractivity contribution in [2.75, 3.05) is 19.3 Å². The number of piperidine rings is 1. The van der Waals surface area contributed by atoms with E-state index in [-0.39, 0.29) is 24.7 Å². The molecule has 0 amide bonds. The normalized spacial score (nSPS) is 19.2. The Morgan fingerprint density at radius 2 is 1.90 bits per heavy atom. The van der Waals surface area contributed by atoms with Crippen LogP contribution in [0.1, 0.15) is 30.0 Å². The van der Waals surface area contributed by atoms with Crippen molar-refractivity contribution in [2.45, 2.75) is 24.9 Å². The molecule has 2 heterocycles. The van der Waals surface area contributed by atoms with Crippen LogP contribution >= 0.6 is 0 Å². The van der Waals surface area contributed by atoms with Crippen LogP contribution in [0, 0.1) is 0 Å². The molecule has 112 valence electrons. The molecule has 0 spiro atoms. The van der Waals surface area contributed by atoms with Gasteiger partial charge in [-0.3, -0.25) is 4.98 Å². The molecule has 0 aromatic carbocycles. The maximum Gasteiger partial charge on any atom is 0.418 e. The highest BCUT2D eigenvalue weighted by molar-refractivity contribution is 7.88. The highest BCUT2D eigenvalue weighted by atomic mass is 32.2. The van der Waals surface area contributed by atoms with E-state index < -0.39 is 21.8 Å². The SMILES string of the molecule is CS(=O)(=O)N1CCC(c2ncccc2C(F)(F)F)CC1. The number of rotatable bonds is 2. The molecule has 1 fully saturated rings. The molecule has 1 aliphatic rings. The summed E-state index contributed by atoms with van der Waals surface area (Å²) in [5.41, 5.74) is -0.703. The van der Waals surface area contributed by atoms with Crippen LogP contribution in [-0.4, -0.2) is 37.1 Å². The van der Waals surface area contributed by atoms with Gasteiger partial charge in [-0.1, -0.05) is 0 Å². The van der Waals surface area contributed by atoms with E-state index in [1.807, 2.05) is 0 Å². The molecule has 0 N–H and O–H groups in total. The summed E-state index contributed by atoms with van der Waals surface area (Å²) in [5, 5.41) is 0. The van der Waals surface area contributed by atoms with Crippen LogP contribution in [-0.2, 0) is 16.2 Å². The predicted octanol–water partition coefficient (Wildman–Crippen LogP) is 2.24. The van der Waals surface area contributed by atoms with Gasteiger partial charge in [0.05, 0.1) is 17.5 Å². The summed E-state index contributed by atoms with van der Waals surface area (Å²) in [5.74, 6) is -0.356. The van der Waals surface area contributed by atoms with Gasteiger partial charge in [0.1, 0.15) is 0 Å². The number of hydrogen-bond acceptors (Lipinski definition) is 3. The molecule has 0 unspecified atom stereocenters. The van der Waals surface area contributed by atoms with Gasteiger partial charge >= 0.3 is 6.18 Å². The predicted molar refractivity (Wildman–Crippen MR) is 67.6 cm³/mol. The summed E-state index contributed by atoms with van der Waals surface area (Å²) < 4.78 is 62.8. The Morgan fingerprint density at radius 1 is 1.30 bits per heavy atom. The lowest BCUT2D eigenvalue weighted by Crippen LogP contribution is -2.37. The summed E-state index contributed by atoms with van der Waals surface area (Å²) in [6.07, 6.45) is -1.28. The minimum atomic E-state index is -4.43. The topological polar surface area (TPSA) is 50.3 Å². The lowest BCUT2D eigenvalue weighted by molar-refractivity contribution is -0.138. The maximum absolute atomic E-state index is 12.9. The maximum atomic E-state index is 12.9. The fraction of sp³-hybridized carbons (Fsp3) is 0.583. The smallest absolute Gasteiger partial charge is 0.260 e. The minimum Gasteiger partial charge on any atom is -0.260 e. The van der Waals surface area contributed by atoms with Gasteiger partial charge in [-0.15, -0.1) is 0 Å². The zero-order valence-corrected chi connectivity index (χ0v) is 11.7. The van der Waals surface area contributed by atoms with Gasteiger partial charge in [0.15, 0.2) is 0 Å². The molecule has 2 rings (SSSR count). The summed E-state index contributed by atoms with van der Waals surface area (Å²) in [6.45, 7) is 0.467. The molecule has 0 aliphatic carbocycles. The Morgan fingerprint density at radius 3 is 2.40 bits per heavy atom. The van der Waals surface area contributed by atoms with Crippen LogP contribution in [0.4, 0.5) is 13.2 Å². The number of hydrogen-bond donors (Lipinski definition) is 0. The summed E-state index contributed by atoms with van der Waals surface area (Å²) in [4.78, 5) is 3.87. The Bertz CT molecular complexity index is 579. The van der Waals surface area contributed by atoms with Crippen LogP contribution in [0.15, 0.2) is 18.3 Å². The van der Waals surface area contributed by atoms with Gasteiger partial charge in [-0.25, -0.2) is 12.7 Å². The Labute approximate surface area is 115 Å². The van der Waals surface area contributed by atoms with E-state index >= 15 is 0 Å². The van der Waals surface area contributed by atoms with Crippen molar-refractivity contribution in [1.82, 2.24) is 9.29 Å². The molecule has 4 nitrogen and oxygen atoms in total. The average Bonchev–Trinajstić information content (AvgIpc) is 2.37. The standard InChI is InChI=1S/C12H15F3N2O2S/c1-20(18,19)17-7-4-9(5-8-17)11-10(12(13,14)15)3-2-6-16-11/h2-3,6,9H,4-5,7-8H2,1H3. The summed E-state index contributed by atoms with van der Waals surface area (Å²) in [6, 6.07) is 2.28. The van der Waals surface area contributed by atoms with E-state index in [1.165, 1.54) is 16.6 Å². The molecule has 20 heavy (non-hydrogen) atoms. The molecule has 1 aromatic rings. The molecule has 8 heteroatoms. The largest absolute Gasteiger partial charge is 0.418 e. The van der Waals surface area contributed by atoms with Crippen molar-refractivity contribution >= 4 is 10.0 Å². The molecule has 1 aliphatic heterocycles. The zero-order valence-electron chi connectivity index (χ0n) is 10.9. The number of sulfonamides is 1. The first-order chi connectivity index (χ1) is 9.19. The molecule has 1 aromatic heterocycles. The highest BCUT2D eigenvalue weighted by Crippen LogP contribution is 2.37.